The molecule has 130 valence electrons. The van der Waals surface area contributed by atoms with Crippen molar-refractivity contribution in [3.8, 4) is 5.75 Å². The summed E-state index contributed by atoms with van der Waals surface area (Å²) in [6.45, 7) is 4.38. The lowest BCUT2D eigenvalue weighted by atomic mass is 10.1. The fraction of sp³-hybridized carbons (Fsp3) is 0.167. The zero-order valence-electron chi connectivity index (χ0n) is 13.6. The number of benzene rings is 2. The average Bonchev–Trinajstić information content (AvgIpc) is 2.60. The van der Waals surface area contributed by atoms with E-state index in [1.807, 2.05) is 24.3 Å². The highest BCUT2D eigenvalue weighted by Gasteiger charge is 2.18. The Labute approximate surface area is 150 Å². The first-order chi connectivity index (χ1) is 11.9. The van der Waals surface area contributed by atoms with Crippen molar-refractivity contribution in [1.82, 2.24) is 4.90 Å². The Morgan fingerprint density at radius 3 is 2.56 bits per heavy atom. The van der Waals surface area contributed by atoms with Crippen LogP contribution in [-0.4, -0.2) is 29.4 Å². The molecule has 2 aromatic carbocycles. The molecule has 0 fully saturated rings. The molecule has 0 atom stereocenters. The van der Waals surface area contributed by atoms with Gasteiger partial charge in [-0.1, -0.05) is 36.4 Å². The maximum Gasteiger partial charge on any atom is 0.270 e. The van der Waals surface area contributed by atoms with Gasteiger partial charge in [-0.25, -0.2) is 0 Å². The van der Waals surface area contributed by atoms with Gasteiger partial charge in [0.25, 0.3) is 11.6 Å². The number of ether oxygens (including phenoxy) is 1. The summed E-state index contributed by atoms with van der Waals surface area (Å²) in [6.07, 6.45) is 1.66. The van der Waals surface area contributed by atoms with Crippen LogP contribution in [0.2, 0.25) is 5.02 Å². The van der Waals surface area contributed by atoms with Crippen LogP contribution in [0.4, 0.5) is 5.69 Å². The second kappa shape index (κ2) is 8.30. The minimum Gasteiger partial charge on any atom is -0.490 e. The van der Waals surface area contributed by atoms with Gasteiger partial charge in [-0.05, 0) is 23.8 Å². The van der Waals surface area contributed by atoms with Crippen molar-refractivity contribution in [3.05, 3.63) is 81.4 Å². The van der Waals surface area contributed by atoms with Gasteiger partial charge >= 0.3 is 0 Å². The molecule has 7 heteroatoms. The lowest BCUT2D eigenvalue weighted by Crippen LogP contribution is -2.26. The summed E-state index contributed by atoms with van der Waals surface area (Å²) < 4.78 is 5.41. The van der Waals surface area contributed by atoms with E-state index in [4.69, 9.17) is 16.3 Å². The molecule has 0 N–H and O–H groups in total. The van der Waals surface area contributed by atoms with Crippen molar-refractivity contribution in [1.29, 1.82) is 0 Å². The summed E-state index contributed by atoms with van der Waals surface area (Å²) in [7, 11) is 1.64. The van der Waals surface area contributed by atoms with Gasteiger partial charge in [-0.3, -0.25) is 14.9 Å². The second-order valence-corrected chi connectivity index (χ2v) is 5.73. The molecule has 0 aliphatic heterocycles. The number of halogens is 1. The van der Waals surface area contributed by atoms with Crippen molar-refractivity contribution in [2.45, 2.75) is 6.54 Å². The van der Waals surface area contributed by atoms with Gasteiger partial charge in [-0.15, -0.1) is 0 Å². The summed E-state index contributed by atoms with van der Waals surface area (Å²) in [5.74, 6) is 0.405. The molecule has 0 bridgehead atoms. The van der Waals surface area contributed by atoms with Crippen molar-refractivity contribution in [2.24, 2.45) is 0 Å². The smallest absolute Gasteiger partial charge is 0.270 e. The Hall–Kier alpha value is -2.86. The number of rotatable bonds is 7. The molecule has 0 aliphatic carbocycles. The average molecular weight is 361 g/mol. The highest BCUT2D eigenvalue weighted by Crippen LogP contribution is 2.24. The minimum atomic E-state index is -0.556. The molecule has 0 aromatic heterocycles. The number of non-ortho nitro benzene ring substituents is 1. The van der Waals surface area contributed by atoms with E-state index in [0.29, 0.717) is 13.2 Å². The number of nitrogens with zero attached hydrogens (tertiary/aromatic N) is 2. The summed E-state index contributed by atoms with van der Waals surface area (Å²) in [5, 5.41) is 10.8. The summed E-state index contributed by atoms with van der Waals surface area (Å²) in [4.78, 5) is 24.2. The number of carbonyl (C=O) groups excluding carboxylic acids is 1. The van der Waals surface area contributed by atoms with Crippen LogP contribution in [0.25, 0.3) is 0 Å². The topological polar surface area (TPSA) is 72.7 Å². The van der Waals surface area contributed by atoms with Crippen molar-refractivity contribution in [2.75, 3.05) is 13.7 Å². The van der Waals surface area contributed by atoms with E-state index in [1.54, 1.807) is 13.1 Å². The van der Waals surface area contributed by atoms with Crippen LogP contribution in [-0.2, 0) is 6.54 Å². The quantitative estimate of drug-likeness (QED) is 0.423. The van der Waals surface area contributed by atoms with Crippen LogP contribution < -0.4 is 4.74 Å². The first-order valence-electron chi connectivity index (χ1n) is 7.44. The van der Waals surface area contributed by atoms with Crippen LogP contribution >= 0.6 is 11.6 Å². The molecule has 0 spiro atoms. The molecular formula is C18H17ClN2O4. The molecular weight excluding hydrogens is 344 g/mol. The maximum absolute atomic E-state index is 12.5. The maximum atomic E-state index is 12.5. The predicted molar refractivity (Wildman–Crippen MR) is 96.0 cm³/mol. The van der Waals surface area contributed by atoms with Crippen LogP contribution in [0.3, 0.4) is 0 Å². The van der Waals surface area contributed by atoms with E-state index in [1.165, 1.54) is 23.1 Å². The Morgan fingerprint density at radius 1 is 1.32 bits per heavy atom. The zero-order valence-corrected chi connectivity index (χ0v) is 14.4. The van der Waals surface area contributed by atoms with Gasteiger partial charge in [-0.2, -0.15) is 0 Å². The van der Waals surface area contributed by atoms with Crippen LogP contribution in [0, 0.1) is 10.1 Å². The van der Waals surface area contributed by atoms with Crippen molar-refractivity contribution in [3.63, 3.8) is 0 Å². The zero-order chi connectivity index (χ0) is 18.4. The first kappa shape index (κ1) is 18.5. The highest BCUT2D eigenvalue weighted by molar-refractivity contribution is 6.34. The van der Waals surface area contributed by atoms with E-state index < -0.39 is 4.92 Å². The molecule has 0 heterocycles. The summed E-state index contributed by atoms with van der Waals surface area (Å²) in [6, 6.07) is 11.2. The normalized spacial score (nSPS) is 10.2. The molecule has 0 saturated carbocycles. The SMILES string of the molecule is C=CCOc1ccc(CN(C)C(=O)c2ccc([N+](=O)[O-])cc2Cl)cc1. The van der Waals surface area contributed by atoms with E-state index in [0.717, 1.165) is 11.3 Å². The highest BCUT2D eigenvalue weighted by atomic mass is 35.5. The van der Waals surface area contributed by atoms with E-state index in [2.05, 4.69) is 6.58 Å². The monoisotopic (exact) mass is 360 g/mol. The molecule has 0 unspecified atom stereocenters. The third-order valence-corrected chi connectivity index (χ3v) is 3.76. The van der Waals surface area contributed by atoms with E-state index in [-0.39, 0.29) is 22.2 Å². The molecule has 2 aromatic rings. The number of nitro groups is 1. The molecule has 0 aliphatic rings. The third kappa shape index (κ3) is 4.81. The Kier molecular flexibility index (Phi) is 6.14. The van der Waals surface area contributed by atoms with E-state index in [9.17, 15) is 14.9 Å². The van der Waals surface area contributed by atoms with Gasteiger partial charge in [0.15, 0.2) is 0 Å². The summed E-state index contributed by atoms with van der Waals surface area (Å²) >= 11 is 6.01. The minimum absolute atomic E-state index is 0.0548. The standard InChI is InChI=1S/C18H17ClN2O4/c1-3-10-25-15-7-4-13(5-8-15)12-20(2)18(22)16-9-6-14(21(23)24)11-17(16)19/h3-9,11H,1,10,12H2,2H3. The van der Waals surface area contributed by atoms with Crippen molar-refractivity contribution >= 4 is 23.2 Å². The molecule has 25 heavy (non-hydrogen) atoms. The van der Waals surface area contributed by atoms with E-state index >= 15 is 0 Å². The predicted octanol–water partition coefficient (Wildman–Crippen LogP) is 4.09. The van der Waals surface area contributed by atoms with Gasteiger partial charge in [0.2, 0.25) is 0 Å². The fourth-order valence-electron chi connectivity index (χ4n) is 2.19. The largest absolute Gasteiger partial charge is 0.490 e. The molecule has 2 rings (SSSR count). The van der Waals surface area contributed by atoms with Gasteiger partial charge in [0.1, 0.15) is 12.4 Å². The first-order valence-corrected chi connectivity index (χ1v) is 7.82. The van der Waals surface area contributed by atoms with Crippen LogP contribution in [0.5, 0.6) is 5.75 Å². The fourth-order valence-corrected chi connectivity index (χ4v) is 2.44. The molecule has 1 amide bonds. The Bertz CT molecular complexity index is 790. The van der Waals surface area contributed by atoms with Gasteiger partial charge in [0.05, 0.1) is 15.5 Å². The number of hydrogen-bond donors (Lipinski definition) is 0. The molecule has 0 saturated heterocycles. The number of carbonyl (C=O) groups is 1. The molecule has 6 nitrogen and oxygen atoms in total. The van der Waals surface area contributed by atoms with Crippen LogP contribution in [0.1, 0.15) is 15.9 Å². The number of amides is 1. The second-order valence-electron chi connectivity index (χ2n) is 5.33. The third-order valence-electron chi connectivity index (χ3n) is 3.45. The van der Waals surface area contributed by atoms with Gasteiger partial charge in [0, 0.05) is 25.7 Å². The number of hydrogen-bond acceptors (Lipinski definition) is 4. The van der Waals surface area contributed by atoms with Crippen molar-refractivity contribution < 1.29 is 14.5 Å². The Balaban J connectivity index is 2.07. The number of nitro benzene ring substituents is 1. The molecule has 0 radical (unpaired) electrons. The lowest BCUT2D eigenvalue weighted by molar-refractivity contribution is -0.384. The Morgan fingerprint density at radius 2 is 2.00 bits per heavy atom. The lowest BCUT2D eigenvalue weighted by Gasteiger charge is -2.18. The summed E-state index contributed by atoms with van der Waals surface area (Å²) in [5.41, 5.74) is 0.986. The van der Waals surface area contributed by atoms with Gasteiger partial charge < -0.3 is 9.64 Å². The van der Waals surface area contributed by atoms with Crippen LogP contribution in [0.15, 0.2) is 55.1 Å².